The predicted octanol–water partition coefficient (Wildman–Crippen LogP) is 2.75. The van der Waals surface area contributed by atoms with Gasteiger partial charge in [0.1, 0.15) is 0 Å². The molecule has 0 aliphatic rings. The van der Waals surface area contributed by atoms with Gasteiger partial charge in [-0.05, 0) is 26.0 Å². The van der Waals surface area contributed by atoms with Gasteiger partial charge in [-0.2, -0.15) is 0 Å². The van der Waals surface area contributed by atoms with Gasteiger partial charge in [-0.15, -0.1) is 0 Å². The first-order valence-electron chi connectivity index (χ1n) is 5.16. The number of halogens is 1. The summed E-state index contributed by atoms with van der Waals surface area (Å²) in [6, 6.07) is 5.35. The molecule has 1 aromatic carbocycles. The lowest BCUT2D eigenvalue weighted by Gasteiger charge is -2.15. The summed E-state index contributed by atoms with van der Waals surface area (Å²) >= 11 is 3.38. The van der Waals surface area contributed by atoms with Crippen LogP contribution in [0.25, 0.3) is 0 Å². The van der Waals surface area contributed by atoms with Crippen LogP contribution in [0.1, 0.15) is 19.4 Å². The lowest BCUT2D eigenvalue weighted by atomic mass is 10.2. The summed E-state index contributed by atoms with van der Waals surface area (Å²) in [7, 11) is -1.77. The van der Waals surface area contributed by atoms with Crippen LogP contribution in [-0.2, 0) is 21.4 Å². The van der Waals surface area contributed by atoms with Gasteiger partial charge in [0.2, 0.25) is 10.0 Å². The van der Waals surface area contributed by atoms with Crippen LogP contribution in [0.5, 0.6) is 0 Å². The van der Waals surface area contributed by atoms with Gasteiger partial charge < -0.3 is 4.74 Å². The lowest BCUT2D eigenvalue weighted by molar-refractivity contribution is 0.185. The second kappa shape index (κ2) is 5.84. The van der Waals surface area contributed by atoms with E-state index in [0.29, 0.717) is 12.3 Å². The van der Waals surface area contributed by atoms with E-state index in [2.05, 4.69) is 20.7 Å². The summed E-state index contributed by atoms with van der Waals surface area (Å²) in [6.45, 7) is 3.62. The van der Waals surface area contributed by atoms with E-state index in [1.165, 1.54) is 0 Å². The van der Waals surface area contributed by atoms with Crippen molar-refractivity contribution in [2.24, 2.45) is 0 Å². The monoisotopic (exact) mass is 321 g/mol. The highest BCUT2D eigenvalue weighted by atomic mass is 79.9. The van der Waals surface area contributed by atoms with Crippen molar-refractivity contribution in [2.75, 3.05) is 11.8 Å². The Morgan fingerprint density at radius 1 is 1.41 bits per heavy atom. The summed E-state index contributed by atoms with van der Waals surface area (Å²) in [5.74, 6) is 0. The predicted molar refractivity (Wildman–Crippen MR) is 72.5 cm³/mol. The van der Waals surface area contributed by atoms with Gasteiger partial charge in [-0.1, -0.05) is 22.0 Å². The molecule has 0 atom stereocenters. The number of ether oxygens (including phenoxy) is 1. The Labute approximate surface area is 111 Å². The van der Waals surface area contributed by atoms with Crippen molar-refractivity contribution < 1.29 is 13.2 Å². The normalized spacial score (nSPS) is 11.8. The molecule has 0 amide bonds. The molecule has 1 N–H and O–H groups in total. The van der Waals surface area contributed by atoms with Crippen molar-refractivity contribution in [3.8, 4) is 0 Å². The molecule has 6 heteroatoms. The summed E-state index contributed by atoms with van der Waals surface area (Å²) in [6.07, 6.45) is 0. The third-order valence-electron chi connectivity index (χ3n) is 2.28. The van der Waals surface area contributed by atoms with Crippen molar-refractivity contribution in [1.29, 1.82) is 0 Å². The highest BCUT2D eigenvalue weighted by molar-refractivity contribution is 9.10. The van der Waals surface area contributed by atoms with Gasteiger partial charge in [-0.3, -0.25) is 4.72 Å². The zero-order valence-electron chi connectivity index (χ0n) is 10.0. The Bertz CT molecular complexity index is 485. The van der Waals surface area contributed by atoms with Gasteiger partial charge >= 0.3 is 0 Å². The van der Waals surface area contributed by atoms with Crippen LogP contribution in [0.2, 0.25) is 0 Å². The average Bonchev–Trinajstić information content (AvgIpc) is 2.22. The smallest absolute Gasteiger partial charge is 0.235 e. The molecule has 0 aliphatic heterocycles. The van der Waals surface area contributed by atoms with E-state index in [1.54, 1.807) is 33.1 Å². The fourth-order valence-electron chi connectivity index (χ4n) is 1.22. The van der Waals surface area contributed by atoms with E-state index in [0.717, 1.165) is 10.0 Å². The Morgan fingerprint density at radius 2 is 2.06 bits per heavy atom. The number of methoxy groups -OCH3 is 1. The Morgan fingerprint density at radius 3 is 2.59 bits per heavy atom. The van der Waals surface area contributed by atoms with Gasteiger partial charge in [0.25, 0.3) is 0 Å². The van der Waals surface area contributed by atoms with E-state index in [-0.39, 0.29) is 0 Å². The van der Waals surface area contributed by atoms with E-state index in [4.69, 9.17) is 4.74 Å². The molecule has 0 radical (unpaired) electrons. The Kier molecular flexibility index (Phi) is 4.97. The van der Waals surface area contributed by atoms with E-state index in [1.807, 2.05) is 6.07 Å². The first kappa shape index (κ1) is 14.5. The molecular formula is C11H16BrNO3S. The number of hydrogen-bond donors (Lipinski definition) is 1. The average molecular weight is 322 g/mol. The quantitative estimate of drug-likeness (QED) is 0.907. The molecule has 4 nitrogen and oxygen atoms in total. The third-order valence-corrected chi connectivity index (χ3v) is 4.77. The number of benzene rings is 1. The van der Waals surface area contributed by atoms with Crippen LogP contribution in [0, 0.1) is 0 Å². The maximum absolute atomic E-state index is 11.8. The van der Waals surface area contributed by atoms with Gasteiger partial charge in [0.15, 0.2) is 0 Å². The molecule has 0 saturated heterocycles. The van der Waals surface area contributed by atoms with Crippen LogP contribution in [-0.4, -0.2) is 20.8 Å². The van der Waals surface area contributed by atoms with Crippen molar-refractivity contribution in [3.63, 3.8) is 0 Å². The molecule has 1 aromatic rings. The minimum absolute atomic E-state index is 0.345. The first-order valence-corrected chi connectivity index (χ1v) is 7.50. The standard InChI is InChI=1S/C11H16BrNO3S/c1-8(2)17(14,15)13-11-6-4-5-10(12)9(11)7-16-3/h4-6,8,13H,7H2,1-3H3. The summed E-state index contributed by atoms with van der Waals surface area (Å²) in [5, 5.41) is -0.475. The third kappa shape index (κ3) is 3.69. The number of rotatable bonds is 5. The van der Waals surface area contributed by atoms with Crippen LogP contribution >= 0.6 is 15.9 Å². The molecule has 1 rings (SSSR count). The summed E-state index contributed by atoms with van der Waals surface area (Å²) in [4.78, 5) is 0. The molecule has 0 saturated carbocycles. The maximum Gasteiger partial charge on any atom is 0.235 e. The Hall–Kier alpha value is -0.590. The lowest BCUT2D eigenvalue weighted by Crippen LogP contribution is -2.23. The molecule has 0 aliphatic carbocycles. The first-order chi connectivity index (χ1) is 7.88. The van der Waals surface area contributed by atoms with Crippen LogP contribution < -0.4 is 4.72 Å². The van der Waals surface area contributed by atoms with Gasteiger partial charge in [0.05, 0.1) is 17.5 Å². The molecule has 0 bridgehead atoms. The zero-order chi connectivity index (χ0) is 13.1. The molecule has 0 spiro atoms. The Balaban J connectivity index is 3.11. The zero-order valence-corrected chi connectivity index (χ0v) is 12.4. The largest absolute Gasteiger partial charge is 0.380 e. The van der Waals surface area contributed by atoms with Crippen LogP contribution in [0.3, 0.4) is 0 Å². The van der Waals surface area contributed by atoms with Crippen LogP contribution in [0.4, 0.5) is 5.69 Å². The van der Waals surface area contributed by atoms with Crippen molar-refractivity contribution in [1.82, 2.24) is 0 Å². The minimum Gasteiger partial charge on any atom is -0.380 e. The highest BCUT2D eigenvalue weighted by Gasteiger charge is 2.18. The fraction of sp³-hybridized carbons (Fsp3) is 0.455. The van der Waals surface area contributed by atoms with Crippen molar-refractivity contribution in [3.05, 3.63) is 28.2 Å². The fourth-order valence-corrected chi connectivity index (χ4v) is 2.43. The van der Waals surface area contributed by atoms with Crippen molar-refractivity contribution in [2.45, 2.75) is 25.7 Å². The van der Waals surface area contributed by atoms with Gasteiger partial charge in [-0.25, -0.2) is 8.42 Å². The molecule has 0 heterocycles. The van der Waals surface area contributed by atoms with E-state index < -0.39 is 15.3 Å². The van der Waals surface area contributed by atoms with Crippen molar-refractivity contribution >= 4 is 31.6 Å². The second-order valence-corrected chi connectivity index (χ2v) is 6.99. The molecule has 0 aromatic heterocycles. The van der Waals surface area contributed by atoms with Gasteiger partial charge in [0, 0.05) is 17.1 Å². The molecule has 0 fully saturated rings. The maximum atomic E-state index is 11.8. The summed E-state index contributed by atoms with van der Waals surface area (Å²) < 4.78 is 32.1. The molecular weight excluding hydrogens is 306 g/mol. The minimum atomic E-state index is -3.34. The number of hydrogen-bond acceptors (Lipinski definition) is 3. The second-order valence-electron chi connectivity index (χ2n) is 3.89. The van der Waals surface area contributed by atoms with E-state index >= 15 is 0 Å². The number of anilines is 1. The van der Waals surface area contributed by atoms with E-state index in [9.17, 15) is 8.42 Å². The summed E-state index contributed by atoms with van der Waals surface area (Å²) in [5.41, 5.74) is 1.34. The SMILES string of the molecule is COCc1c(Br)cccc1NS(=O)(=O)C(C)C. The number of nitrogens with one attached hydrogen (secondary N) is 1. The van der Waals surface area contributed by atoms with Crippen LogP contribution in [0.15, 0.2) is 22.7 Å². The topological polar surface area (TPSA) is 55.4 Å². The molecule has 0 unspecified atom stereocenters. The number of sulfonamides is 1. The molecule has 96 valence electrons. The molecule has 17 heavy (non-hydrogen) atoms. The highest BCUT2D eigenvalue weighted by Crippen LogP contribution is 2.26.